The number of carbonyl (C=O) groups excluding carboxylic acids is 4. The molecule has 14 heteroatoms. The Labute approximate surface area is 254 Å². The minimum Gasteiger partial charge on any atom is -0.510 e. The number of allylic oxidation sites excluding steroid dienone is 1. The van der Waals surface area contributed by atoms with Gasteiger partial charge in [-0.25, -0.2) is 0 Å². The summed E-state index contributed by atoms with van der Waals surface area (Å²) in [5.41, 5.74) is 1.71. The summed E-state index contributed by atoms with van der Waals surface area (Å²) < 4.78 is 0. The maximum Gasteiger partial charge on any atom is 0.255 e. The van der Waals surface area contributed by atoms with E-state index >= 15 is 0 Å². The van der Waals surface area contributed by atoms with E-state index in [-0.39, 0.29) is 41.2 Å². The molecule has 2 amide bonds. The number of phenolic OH excluding ortho intramolecular Hbond substituents is 1. The number of unbranched alkanes of at least 4 members (excludes halogenated alkanes) is 1. The molecule has 3 aliphatic carbocycles. The molecule has 4 atom stereocenters. The average Bonchev–Trinajstić information content (AvgIpc) is 2.90. The zero-order valence-corrected chi connectivity index (χ0v) is 25.5. The van der Waals surface area contributed by atoms with Crippen molar-refractivity contribution in [3.05, 3.63) is 38.8 Å². The summed E-state index contributed by atoms with van der Waals surface area (Å²) in [5.74, 6) is -8.15. The van der Waals surface area contributed by atoms with E-state index in [9.17, 15) is 39.6 Å². The molecule has 0 saturated heterocycles. The summed E-state index contributed by atoms with van der Waals surface area (Å²) in [6.45, 7) is 2.54. The Kier molecular flexibility index (Phi) is 8.85. The highest BCUT2D eigenvalue weighted by Crippen LogP contribution is 2.55. The summed E-state index contributed by atoms with van der Waals surface area (Å²) in [6.07, 6.45) is 1.79. The molecule has 0 fully saturated rings. The van der Waals surface area contributed by atoms with Crippen molar-refractivity contribution in [1.82, 2.24) is 10.2 Å². The fraction of sp³-hybridized carbons (Fsp3) is 0.517. The number of hydrogen-bond donors (Lipinski definition) is 7. The molecule has 0 bridgehead atoms. The number of carbonyl (C=O) groups is 4. The molecule has 0 radical (unpaired) electrons. The van der Waals surface area contributed by atoms with E-state index in [0.717, 1.165) is 12.8 Å². The van der Waals surface area contributed by atoms with Crippen LogP contribution in [0.15, 0.2) is 22.7 Å². The number of aliphatic hydroxyl groups is 3. The summed E-state index contributed by atoms with van der Waals surface area (Å²) in [6, 6.07) is -1.10. The number of amides is 2. The first-order valence-corrected chi connectivity index (χ1v) is 14.4. The van der Waals surface area contributed by atoms with E-state index in [1.54, 1.807) is 33.1 Å². The standard InChI is InChI=1S/C29H38ClN5O8/c1-6-7-8-32-11-15(36)33-20-19(30)21(34(2)3)13-9-12-10-14-22(35(4)5)25(39)18(28(31)42)27(41)29(14,43)26(40)16(12)23(37)17(13)24(20)38/h12,14,22,32,38-40,43H,6-11H2,1-5H3,(H2,31,42)(H,33,36)/t12?,14?,22-,29-/m0/s1. The van der Waals surface area contributed by atoms with E-state index in [1.165, 1.54) is 4.90 Å². The van der Waals surface area contributed by atoms with Crippen LogP contribution in [0, 0.1) is 11.8 Å². The van der Waals surface area contributed by atoms with E-state index < -0.39 is 69.7 Å². The Balaban J connectivity index is 1.88. The van der Waals surface area contributed by atoms with Crippen molar-refractivity contribution in [3.8, 4) is 5.75 Å². The summed E-state index contributed by atoms with van der Waals surface area (Å²) >= 11 is 6.72. The Morgan fingerprint density at radius 2 is 1.79 bits per heavy atom. The smallest absolute Gasteiger partial charge is 0.255 e. The predicted octanol–water partition coefficient (Wildman–Crippen LogP) is 1.17. The molecule has 0 saturated carbocycles. The number of likely N-dealkylation sites (N-methyl/N-ethyl adjacent to an activating group) is 1. The van der Waals surface area contributed by atoms with Crippen molar-refractivity contribution in [1.29, 1.82) is 0 Å². The summed E-state index contributed by atoms with van der Waals surface area (Å²) in [4.78, 5) is 55.6. The number of nitrogens with two attached hydrogens (primary N) is 1. The third-order valence-corrected chi connectivity index (χ3v) is 8.88. The van der Waals surface area contributed by atoms with Crippen LogP contribution in [0.3, 0.4) is 0 Å². The van der Waals surface area contributed by atoms with Gasteiger partial charge in [-0.2, -0.15) is 0 Å². The largest absolute Gasteiger partial charge is 0.510 e. The van der Waals surface area contributed by atoms with Gasteiger partial charge in [0, 0.05) is 25.6 Å². The van der Waals surface area contributed by atoms with E-state index in [0.29, 0.717) is 17.8 Å². The lowest BCUT2D eigenvalue weighted by Crippen LogP contribution is -2.63. The number of hydrogen-bond acceptors (Lipinski definition) is 11. The van der Waals surface area contributed by atoms with Crippen LogP contribution in [0.25, 0.3) is 0 Å². The van der Waals surface area contributed by atoms with Crippen molar-refractivity contribution in [2.45, 2.75) is 44.2 Å². The first kappa shape index (κ1) is 32.3. The highest BCUT2D eigenvalue weighted by atomic mass is 35.5. The molecule has 234 valence electrons. The average molecular weight is 620 g/mol. The molecule has 0 heterocycles. The van der Waals surface area contributed by atoms with E-state index in [1.807, 2.05) is 6.92 Å². The number of ketones is 2. The third kappa shape index (κ3) is 5.03. The van der Waals surface area contributed by atoms with Crippen molar-refractivity contribution < 1.29 is 39.6 Å². The molecule has 43 heavy (non-hydrogen) atoms. The fourth-order valence-corrected chi connectivity index (χ4v) is 7.02. The van der Waals surface area contributed by atoms with Crippen LogP contribution < -0.4 is 21.3 Å². The number of nitrogens with one attached hydrogen (secondary N) is 2. The first-order valence-electron chi connectivity index (χ1n) is 14.0. The normalized spacial score (nSPS) is 25.0. The van der Waals surface area contributed by atoms with Crippen LogP contribution in [-0.2, 0) is 20.8 Å². The monoisotopic (exact) mass is 619 g/mol. The van der Waals surface area contributed by atoms with Crippen LogP contribution in [0.2, 0.25) is 5.02 Å². The predicted molar refractivity (Wildman–Crippen MR) is 159 cm³/mol. The Bertz CT molecular complexity index is 1470. The molecule has 4 rings (SSSR count). The van der Waals surface area contributed by atoms with Crippen LogP contribution in [0.5, 0.6) is 5.75 Å². The highest BCUT2D eigenvalue weighted by Gasteiger charge is 2.63. The highest BCUT2D eigenvalue weighted by molar-refractivity contribution is 6.38. The minimum atomic E-state index is -2.75. The second kappa shape index (κ2) is 11.8. The number of fused-ring (bicyclic) bond motifs is 3. The number of Topliss-reactive ketones (excluding diaryl/α,β-unsaturated/α-hetero) is 2. The van der Waals surface area contributed by atoms with Crippen molar-refractivity contribution >= 4 is 46.4 Å². The molecular weight excluding hydrogens is 582 g/mol. The molecule has 0 aromatic heterocycles. The number of aromatic hydroxyl groups is 1. The van der Waals surface area contributed by atoms with Crippen LogP contribution in [0.1, 0.15) is 42.1 Å². The lowest BCUT2D eigenvalue weighted by atomic mass is 9.58. The molecule has 0 aliphatic heterocycles. The van der Waals surface area contributed by atoms with Gasteiger partial charge in [0.25, 0.3) is 5.91 Å². The van der Waals surface area contributed by atoms with Gasteiger partial charge in [-0.15, -0.1) is 0 Å². The van der Waals surface area contributed by atoms with E-state index in [2.05, 4.69) is 10.6 Å². The van der Waals surface area contributed by atoms with Crippen LogP contribution in [0.4, 0.5) is 11.4 Å². The number of aliphatic hydroxyl groups excluding tert-OH is 2. The molecule has 1 aromatic carbocycles. The van der Waals surface area contributed by atoms with Gasteiger partial charge in [0.15, 0.2) is 17.1 Å². The zero-order chi connectivity index (χ0) is 32.1. The van der Waals surface area contributed by atoms with Gasteiger partial charge in [0.2, 0.25) is 11.7 Å². The number of anilines is 2. The first-order chi connectivity index (χ1) is 20.1. The van der Waals surface area contributed by atoms with Crippen LogP contribution in [-0.4, -0.2) is 102 Å². The molecule has 1 aromatic rings. The third-order valence-electron chi connectivity index (χ3n) is 8.51. The molecule has 2 unspecified atom stereocenters. The van der Waals surface area contributed by atoms with Gasteiger partial charge in [-0.05, 0) is 51.4 Å². The number of nitrogens with zero attached hydrogens (tertiary/aromatic N) is 2. The maximum atomic E-state index is 14.1. The van der Waals surface area contributed by atoms with Gasteiger partial charge < -0.3 is 41.7 Å². The van der Waals surface area contributed by atoms with Crippen molar-refractivity contribution in [2.24, 2.45) is 17.6 Å². The lowest BCUT2D eigenvalue weighted by Gasteiger charge is -2.50. The number of benzene rings is 1. The maximum absolute atomic E-state index is 14.1. The lowest BCUT2D eigenvalue weighted by molar-refractivity contribution is -0.148. The number of halogens is 1. The summed E-state index contributed by atoms with van der Waals surface area (Å²) in [5, 5.41) is 51.1. The zero-order valence-electron chi connectivity index (χ0n) is 24.7. The second-order valence-electron chi connectivity index (χ2n) is 11.7. The minimum absolute atomic E-state index is 0.00520. The molecule has 0 spiro atoms. The van der Waals surface area contributed by atoms with Crippen LogP contribution >= 0.6 is 11.6 Å². The van der Waals surface area contributed by atoms with Gasteiger partial charge in [-0.1, -0.05) is 24.9 Å². The number of rotatable bonds is 9. The SMILES string of the molecule is CCCCNCC(=O)Nc1c(O)c2c(c(N(C)C)c1Cl)CC1CC3[C@H](N(C)C)C(O)=C(C(N)=O)C(=O)[C@@]3(O)C(O)=C1C2=O. The van der Waals surface area contributed by atoms with Gasteiger partial charge in [-0.3, -0.25) is 24.1 Å². The van der Waals surface area contributed by atoms with E-state index in [4.69, 9.17) is 17.3 Å². The quantitative estimate of drug-likeness (QED) is 0.119. The van der Waals surface area contributed by atoms with Gasteiger partial charge >= 0.3 is 0 Å². The van der Waals surface area contributed by atoms with Crippen molar-refractivity contribution in [2.75, 3.05) is 51.5 Å². The van der Waals surface area contributed by atoms with Crippen molar-refractivity contribution in [3.63, 3.8) is 0 Å². The summed E-state index contributed by atoms with van der Waals surface area (Å²) in [7, 11) is 6.48. The topological polar surface area (TPSA) is 206 Å². The molecular formula is C29H38ClN5O8. The Morgan fingerprint density at radius 3 is 2.35 bits per heavy atom. The molecule has 3 aliphatic rings. The number of phenols is 1. The van der Waals surface area contributed by atoms with Gasteiger partial charge in [0.1, 0.15) is 22.8 Å². The molecule has 13 nitrogen and oxygen atoms in total. The fourth-order valence-electron chi connectivity index (χ4n) is 6.60. The Hall–Kier alpha value is -3.65. The number of primary amides is 1. The second-order valence-corrected chi connectivity index (χ2v) is 12.1. The Morgan fingerprint density at radius 1 is 1.14 bits per heavy atom. The molecule has 8 N–H and O–H groups in total. The van der Waals surface area contributed by atoms with Gasteiger partial charge in [0.05, 0.1) is 28.9 Å².